The molecule has 1 aliphatic heterocycles. The van der Waals surface area contributed by atoms with E-state index in [4.69, 9.17) is 0 Å². The lowest BCUT2D eigenvalue weighted by molar-refractivity contribution is -0.137. The third-order valence-electron chi connectivity index (χ3n) is 4.04. The van der Waals surface area contributed by atoms with Crippen LogP contribution in [0.15, 0.2) is 42.6 Å². The fourth-order valence-electron chi connectivity index (χ4n) is 2.71. The normalized spacial score (nSPS) is 18.9. The number of carbonyl (C=O) groups is 1. The molecule has 1 aromatic heterocycles. The minimum Gasteiger partial charge on any atom is -0.354 e. The molecule has 3 rings (SSSR count). The molecule has 27 heavy (non-hydrogen) atoms. The summed E-state index contributed by atoms with van der Waals surface area (Å²) in [6.07, 6.45) is -2.75. The zero-order chi connectivity index (χ0) is 19.7. The van der Waals surface area contributed by atoms with E-state index in [0.29, 0.717) is 12.1 Å². The van der Waals surface area contributed by atoms with Gasteiger partial charge in [0.05, 0.1) is 29.0 Å². The Labute approximate surface area is 153 Å². The van der Waals surface area contributed by atoms with Gasteiger partial charge in [-0.15, -0.1) is 0 Å². The molecule has 0 spiro atoms. The Morgan fingerprint density at radius 1 is 1.15 bits per heavy atom. The summed E-state index contributed by atoms with van der Waals surface area (Å²) in [5, 5.41) is 5.41. The number of hydrogen-bond donors (Lipinski definition) is 2. The second kappa shape index (κ2) is 7.18. The molecule has 0 aliphatic carbocycles. The van der Waals surface area contributed by atoms with E-state index in [1.807, 2.05) is 0 Å². The first-order valence-corrected chi connectivity index (χ1v) is 9.86. The van der Waals surface area contributed by atoms with Crippen LogP contribution >= 0.6 is 0 Å². The highest BCUT2D eigenvalue weighted by Crippen LogP contribution is 2.31. The van der Waals surface area contributed by atoms with Crippen molar-refractivity contribution in [1.29, 1.82) is 0 Å². The van der Waals surface area contributed by atoms with E-state index in [0.717, 1.165) is 12.1 Å². The van der Waals surface area contributed by atoms with E-state index in [2.05, 4.69) is 15.6 Å². The molecule has 1 amide bonds. The molecule has 1 aliphatic rings. The van der Waals surface area contributed by atoms with E-state index >= 15 is 0 Å². The lowest BCUT2D eigenvalue weighted by Crippen LogP contribution is -2.36. The predicted molar refractivity (Wildman–Crippen MR) is 93.5 cm³/mol. The largest absolute Gasteiger partial charge is 0.416 e. The number of sulfone groups is 1. The van der Waals surface area contributed by atoms with Crippen molar-refractivity contribution in [2.45, 2.75) is 18.6 Å². The lowest BCUT2D eigenvalue weighted by Gasteiger charge is -2.12. The molecule has 0 saturated carbocycles. The molecule has 2 N–H and O–H groups in total. The van der Waals surface area contributed by atoms with E-state index in [1.54, 1.807) is 0 Å². The van der Waals surface area contributed by atoms with Crippen LogP contribution in [0.3, 0.4) is 0 Å². The number of carbonyl (C=O) groups excluding carboxylic acids is 1. The van der Waals surface area contributed by atoms with Gasteiger partial charge in [0.25, 0.3) is 5.91 Å². The van der Waals surface area contributed by atoms with Crippen LogP contribution in [0.5, 0.6) is 0 Å². The second-order valence-electron chi connectivity index (χ2n) is 6.21. The fraction of sp³-hybridized carbons (Fsp3) is 0.294. The maximum atomic E-state index is 12.7. The highest BCUT2D eigenvalue weighted by atomic mass is 32.2. The average molecular weight is 399 g/mol. The Hall–Kier alpha value is -2.62. The first-order chi connectivity index (χ1) is 12.6. The number of halogens is 3. The van der Waals surface area contributed by atoms with Crippen molar-refractivity contribution in [1.82, 2.24) is 10.3 Å². The van der Waals surface area contributed by atoms with Crippen LogP contribution in [0.25, 0.3) is 0 Å². The molecule has 1 atom stereocenters. The van der Waals surface area contributed by atoms with Gasteiger partial charge in [0.2, 0.25) is 0 Å². The first kappa shape index (κ1) is 19.2. The maximum absolute atomic E-state index is 12.7. The van der Waals surface area contributed by atoms with Crippen LogP contribution in [0.4, 0.5) is 24.5 Å². The van der Waals surface area contributed by atoms with Crippen molar-refractivity contribution in [3.8, 4) is 0 Å². The van der Waals surface area contributed by atoms with Crippen LogP contribution in [-0.4, -0.2) is 36.9 Å². The van der Waals surface area contributed by atoms with Crippen LogP contribution in [0, 0.1) is 0 Å². The van der Waals surface area contributed by atoms with Crippen LogP contribution in [0.1, 0.15) is 22.5 Å². The van der Waals surface area contributed by atoms with Crippen molar-refractivity contribution in [3.63, 3.8) is 0 Å². The van der Waals surface area contributed by atoms with Crippen LogP contribution in [0.2, 0.25) is 0 Å². The third-order valence-corrected chi connectivity index (χ3v) is 5.81. The van der Waals surface area contributed by atoms with Gasteiger partial charge in [-0.3, -0.25) is 4.79 Å². The average Bonchev–Trinajstić information content (AvgIpc) is 2.93. The molecule has 1 aromatic carbocycles. The number of alkyl halides is 3. The molecular weight excluding hydrogens is 383 g/mol. The van der Waals surface area contributed by atoms with E-state index in [-0.39, 0.29) is 22.9 Å². The summed E-state index contributed by atoms with van der Waals surface area (Å²) >= 11 is 0. The molecule has 1 saturated heterocycles. The Bertz CT molecular complexity index is 944. The summed E-state index contributed by atoms with van der Waals surface area (Å²) in [5.41, 5.74) is -0.0360. The number of anilines is 2. The number of nitrogens with one attached hydrogen (secondary N) is 2. The fourth-order valence-corrected chi connectivity index (χ4v) is 4.38. The molecule has 0 radical (unpaired) electrons. The quantitative estimate of drug-likeness (QED) is 0.826. The summed E-state index contributed by atoms with van der Waals surface area (Å²) in [7, 11) is -3.10. The summed E-state index contributed by atoms with van der Waals surface area (Å²) in [6, 6.07) is 7.20. The van der Waals surface area contributed by atoms with Gasteiger partial charge in [0.15, 0.2) is 9.84 Å². The molecule has 144 valence electrons. The van der Waals surface area contributed by atoms with E-state index in [1.165, 1.54) is 30.5 Å². The van der Waals surface area contributed by atoms with Crippen LogP contribution in [-0.2, 0) is 16.0 Å². The van der Waals surface area contributed by atoms with Gasteiger partial charge in [-0.05, 0) is 36.8 Å². The lowest BCUT2D eigenvalue weighted by atomic mass is 10.2. The summed E-state index contributed by atoms with van der Waals surface area (Å²) < 4.78 is 61.1. The standard InChI is InChI=1S/C17H16F3N3O3S/c18-17(19,20)11-2-1-3-12(8-11)22-13-4-5-15(21-9-13)16(24)23-14-6-7-27(25,26)10-14/h1-5,8-9,14,22H,6-7,10H2,(H,23,24). The third kappa shape index (κ3) is 4.97. The van der Waals surface area contributed by atoms with Gasteiger partial charge in [-0.2, -0.15) is 13.2 Å². The summed E-state index contributed by atoms with van der Waals surface area (Å²) in [5.74, 6) is -0.540. The molecular formula is C17H16F3N3O3S. The smallest absolute Gasteiger partial charge is 0.354 e. The topological polar surface area (TPSA) is 88.2 Å². The number of pyridine rings is 1. The summed E-state index contributed by atoms with van der Waals surface area (Å²) in [6.45, 7) is 0. The van der Waals surface area contributed by atoms with Gasteiger partial charge >= 0.3 is 6.18 Å². The zero-order valence-corrected chi connectivity index (χ0v) is 14.8. The Kier molecular flexibility index (Phi) is 5.09. The predicted octanol–water partition coefficient (Wildman–Crippen LogP) is 2.76. The van der Waals surface area contributed by atoms with Crippen LogP contribution < -0.4 is 10.6 Å². The SMILES string of the molecule is O=C(NC1CCS(=O)(=O)C1)c1ccc(Nc2cccc(C(F)(F)F)c2)cn1. The molecule has 2 aromatic rings. The molecule has 1 unspecified atom stereocenters. The van der Waals surface area contributed by atoms with Crippen molar-refractivity contribution >= 4 is 27.1 Å². The molecule has 10 heteroatoms. The monoisotopic (exact) mass is 399 g/mol. The zero-order valence-electron chi connectivity index (χ0n) is 14.0. The molecule has 6 nitrogen and oxygen atoms in total. The van der Waals surface area contributed by atoms with Crippen molar-refractivity contribution in [2.75, 3.05) is 16.8 Å². The highest BCUT2D eigenvalue weighted by Gasteiger charge is 2.30. The van der Waals surface area contributed by atoms with Crippen molar-refractivity contribution in [3.05, 3.63) is 53.9 Å². The molecule has 2 heterocycles. The van der Waals surface area contributed by atoms with Crippen molar-refractivity contribution in [2.24, 2.45) is 0 Å². The molecule has 1 fully saturated rings. The number of aromatic nitrogens is 1. The van der Waals surface area contributed by atoms with Gasteiger partial charge in [-0.1, -0.05) is 6.07 Å². The Morgan fingerprint density at radius 3 is 2.52 bits per heavy atom. The first-order valence-electron chi connectivity index (χ1n) is 8.04. The molecule has 0 bridgehead atoms. The summed E-state index contributed by atoms with van der Waals surface area (Å²) in [4.78, 5) is 16.1. The minimum absolute atomic E-state index is 0.0468. The Morgan fingerprint density at radius 2 is 1.93 bits per heavy atom. The maximum Gasteiger partial charge on any atom is 0.416 e. The van der Waals surface area contributed by atoms with Gasteiger partial charge in [0.1, 0.15) is 5.69 Å². The number of rotatable bonds is 4. The number of hydrogen-bond acceptors (Lipinski definition) is 5. The highest BCUT2D eigenvalue weighted by molar-refractivity contribution is 7.91. The number of benzene rings is 1. The van der Waals surface area contributed by atoms with E-state index < -0.39 is 33.5 Å². The van der Waals surface area contributed by atoms with Gasteiger partial charge in [-0.25, -0.2) is 13.4 Å². The van der Waals surface area contributed by atoms with Crippen molar-refractivity contribution < 1.29 is 26.4 Å². The number of amides is 1. The second-order valence-corrected chi connectivity index (χ2v) is 8.44. The minimum atomic E-state index is -4.44. The van der Waals surface area contributed by atoms with E-state index in [9.17, 15) is 26.4 Å². The van der Waals surface area contributed by atoms with Gasteiger partial charge in [0, 0.05) is 11.7 Å². The number of nitrogens with zero attached hydrogens (tertiary/aromatic N) is 1. The van der Waals surface area contributed by atoms with Gasteiger partial charge < -0.3 is 10.6 Å². The Balaban J connectivity index is 1.64.